The minimum absolute atomic E-state index is 0. The van der Waals surface area contributed by atoms with Gasteiger partial charge in [-0.25, -0.2) is 0 Å². The Hall–Kier alpha value is -1.31. The Morgan fingerprint density at radius 1 is 1.37 bits per heavy atom. The molecule has 1 atom stereocenters. The fourth-order valence-electron chi connectivity index (χ4n) is 2.10. The molecular formula is C13H19IN4O. The Morgan fingerprint density at radius 2 is 2.05 bits per heavy atom. The molecule has 1 fully saturated rings. The third kappa shape index (κ3) is 3.82. The van der Waals surface area contributed by atoms with E-state index in [2.05, 4.69) is 15.6 Å². The number of hydrogen-bond acceptors (Lipinski definition) is 2. The number of carbonyl (C=O) groups excluding carboxylic acids is 1. The van der Waals surface area contributed by atoms with Gasteiger partial charge in [0.25, 0.3) is 0 Å². The highest BCUT2D eigenvalue weighted by Crippen LogP contribution is 2.20. The van der Waals surface area contributed by atoms with E-state index in [-0.39, 0.29) is 35.9 Å². The average molecular weight is 374 g/mol. The summed E-state index contributed by atoms with van der Waals surface area (Å²) in [4.78, 5) is 17.8. The van der Waals surface area contributed by atoms with Crippen molar-refractivity contribution in [1.82, 2.24) is 10.6 Å². The Morgan fingerprint density at radius 3 is 2.63 bits per heavy atom. The predicted molar refractivity (Wildman–Crippen MR) is 88.2 cm³/mol. The molecule has 19 heavy (non-hydrogen) atoms. The summed E-state index contributed by atoms with van der Waals surface area (Å²) in [5.74, 6) is 0.855. The molecule has 1 aliphatic heterocycles. The number of anilines is 1. The number of rotatable bonds is 2. The number of aliphatic imine (C=N–C) groups is 1. The van der Waals surface area contributed by atoms with Crippen LogP contribution in [0.5, 0.6) is 0 Å². The van der Waals surface area contributed by atoms with Crippen LogP contribution in [0.3, 0.4) is 0 Å². The number of benzene rings is 1. The van der Waals surface area contributed by atoms with Gasteiger partial charge in [0.1, 0.15) is 0 Å². The minimum atomic E-state index is 0. The van der Waals surface area contributed by atoms with Crippen molar-refractivity contribution in [3.05, 3.63) is 30.3 Å². The van der Waals surface area contributed by atoms with Gasteiger partial charge < -0.3 is 15.5 Å². The van der Waals surface area contributed by atoms with Crippen molar-refractivity contribution < 1.29 is 4.79 Å². The summed E-state index contributed by atoms with van der Waals surface area (Å²) in [5.41, 5.74) is 0.950. The number of nitrogens with zero attached hydrogens (tertiary/aromatic N) is 2. The zero-order chi connectivity index (χ0) is 13.0. The van der Waals surface area contributed by atoms with Crippen LogP contribution in [0, 0.1) is 0 Å². The molecule has 5 nitrogen and oxygen atoms in total. The number of carbonyl (C=O) groups is 1. The highest BCUT2D eigenvalue weighted by molar-refractivity contribution is 14.0. The number of halogens is 1. The summed E-state index contributed by atoms with van der Waals surface area (Å²) in [5, 5.41) is 6.18. The van der Waals surface area contributed by atoms with Crippen molar-refractivity contribution in [2.45, 2.75) is 12.5 Å². The van der Waals surface area contributed by atoms with Crippen molar-refractivity contribution in [1.29, 1.82) is 0 Å². The molecule has 1 saturated heterocycles. The standard InChI is InChI=1S/C13H18N4O.HI/c1-14-13(15-2)16-10-8-12(18)17(9-10)11-6-4-3-5-7-11;/h3-7,10H,8-9H2,1-2H3,(H2,14,15,16);1H. The van der Waals surface area contributed by atoms with Crippen LogP contribution in [-0.2, 0) is 4.79 Å². The van der Waals surface area contributed by atoms with Crippen molar-refractivity contribution in [2.75, 3.05) is 25.5 Å². The van der Waals surface area contributed by atoms with E-state index in [1.807, 2.05) is 30.3 Å². The molecule has 1 aromatic rings. The molecule has 6 heteroatoms. The Kier molecular flexibility index (Phi) is 6.07. The van der Waals surface area contributed by atoms with Gasteiger partial charge in [-0.1, -0.05) is 18.2 Å². The normalized spacial score (nSPS) is 19.1. The number of nitrogens with one attached hydrogen (secondary N) is 2. The van der Waals surface area contributed by atoms with Gasteiger partial charge in [-0.2, -0.15) is 0 Å². The average Bonchev–Trinajstić information content (AvgIpc) is 2.78. The summed E-state index contributed by atoms with van der Waals surface area (Å²) >= 11 is 0. The summed E-state index contributed by atoms with van der Waals surface area (Å²) in [6.07, 6.45) is 0.496. The van der Waals surface area contributed by atoms with Crippen LogP contribution < -0.4 is 15.5 Å². The third-order valence-electron chi connectivity index (χ3n) is 2.99. The summed E-state index contributed by atoms with van der Waals surface area (Å²) in [6.45, 7) is 0.670. The van der Waals surface area contributed by atoms with E-state index in [9.17, 15) is 4.79 Å². The van der Waals surface area contributed by atoms with Gasteiger partial charge in [0.2, 0.25) is 5.91 Å². The van der Waals surface area contributed by atoms with Crippen LogP contribution in [0.4, 0.5) is 5.69 Å². The Balaban J connectivity index is 0.00000180. The third-order valence-corrected chi connectivity index (χ3v) is 2.99. The quantitative estimate of drug-likeness (QED) is 0.465. The van der Waals surface area contributed by atoms with Crippen LogP contribution in [-0.4, -0.2) is 38.5 Å². The molecule has 104 valence electrons. The first-order valence-electron chi connectivity index (χ1n) is 6.01. The van der Waals surface area contributed by atoms with Gasteiger partial charge in [0.15, 0.2) is 5.96 Å². The Labute approximate surface area is 130 Å². The van der Waals surface area contributed by atoms with Crippen LogP contribution in [0.2, 0.25) is 0 Å². The largest absolute Gasteiger partial charge is 0.359 e. The fraction of sp³-hybridized carbons (Fsp3) is 0.385. The lowest BCUT2D eigenvalue weighted by Gasteiger charge is -2.18. The highest BCUT2D eigenvalue weighted by atomic mass is 127. The van der Waals surface area contributed by atoms with Gasteiger partial charge in [-0.05, 0) is 12.1 Å². The molecule has 0 aromatic heterocycles. The molecule has 0 bridgehead atoms. The second-order valence-corrected chi connectivity index (χ2v) is 4.21. The molecule has 0 radical (unpaired) electrons. The predicted octanol–water partition coefficient (Wildman–Crippen LogP) is 1.20. The minimum Gasteiger partial charge on any atom is -0.359 e. The van der Waals surface area contributed by atoms with E-state index in [1.165, 1.54) is 0 Å². The fourth-order valence-corrected chi connectivity index (χ4v) is 2.10. The molecular weight excluding hydrogens is 355 g/mol. The first kappa shape index (κ1) is 15.7. The van der Waals surface area contributed by atoms with Crippen molar-refractivity contribution >= 4 is 41.5 Å². The van der Waals surface area contributed by atoms with Crippen LogP contribution in [0.25, 0.3) is 0 Å². The molecule has 1 heterocycles. The van der Waals surface area contributed by atoms with Gasteiger partial charge in [-0.3, -0.25) is 9.79 Å². The molecule has 1 aliphatic rings. The highest BCUT2D eigenvalue weighted by Gasteiger charge is 2.30. The number of para-hydroxylation sites is 1. The SMILES string of the molecule is CN=C(NC)NC1CC(=O)N(c2ccccc2)C1.I. The first-order chi connectivity index (χ1) is 8.74. The molecule has 2 rings (SSSR count). The molecule has 0 aliphatic carbocycles. The van der Waals surface area contributed by atoms with Crippen molar-refractivity contribution in [2.24, 2.45) is 4.99 Å². The molecule has 0 saturated carbocycles. The maximum atomic E-state index is 12.0. The molecule has 1 unspecified atom stereocenters. The molecule has 1 aromatic carbocycles. The number of amides is 1. The molecule has 1 amide bonds. The maximum absolute atomic E-state index is 12.0. The lowest BCUT2D eigenvalue weighted by Crippen LogP contribution is -2.43. The van der Waals surface area contributed by atoms with Crippen molar-refractivity contribution in [3.8, 4) is 0 Å². The summed E-state index contributed by atoms with van der Waals surface area (Å²) in [7, 11) is 3.52. The van der Waals surface area contributed by atoms with E-state index in [0.717, 1.165) is 5.69 Å². The second-order valence-electron chi connectivity index (χ2n) is 4.21. The molecule has 0 spiro atoms. The monoisotopic (exact) mass is 374 g/mol. The lowest BCUT2D eigenvalue weighted by atomic mass is 10.2. The number of guanidine groups is 1. The Bertz CT molecular complexity index is 449. The van der Waals surface area contributed by atoms with E-state index in [1.54, 1.807) is 19.0 Å². The topological polar surface area (TPSA) is 56.7 Å². The summed E-state index contributed by atoms with van der Waals surface area (Å²) in [6, 6.07) is 9.83. The van der Waals surface area contributed by atoms with Crippen LogP contribution in [0.1, 0.15) is 6.42 Å². The molecule has 2 N–H and O–H groups in total. The second kappa shape index (κ2) is 7.32. The van der Waals surface area contributed by atoms with Crippen LogP contribution >= 0.6 is 24.0 Å². The van der Waals surface area contributed by atoms with Gasteiger partial charge in [-0.15, -0.1) is 24.0 Å². The van der Waals surface area contributed by atoms with E-state index >= 15 is 0 Å². The van der Waals surface area contributed by atoms with E-state index < -0.39 is 0 Å². The van der Waals surface area contributed by atoms with Crippen molar-refractivity contribution in [3.63, 3.8) is 0 Å². The van der Waals surface area contributed by atoms with E-state index in [0.29, 0.717) is 18.9 Å². The first-order valence-corrected chi connectivity index (χ1v) is 6.01. The van der Waals surface area contributed by atoms with E-state index in [4.69, 9.17) is 0 Å². The maximum Gasteiger partial charge on any atom is 0.229 e. The van der Waals surface area contributed by atoms with Gasteiger partial charge >= 0.3 is 0 Å². The zero-order valence-electron chi connectivity index (χ0n) is 11.1. The zero-order valence-corrected chi connectivity index (χ0v) is 13.4. The smallest absolute Gasteiger partial charge is 0.229 e. The summed E-state index contributed by atoms with van der Waals surface area (Å²) < 4.78 is 0. The van der Waals surface area contributed by atoms with Crippen LogP contribution in [0.15, 0.2) is 35.3 Å². The van der Waals surface area contributed by atoms with Gasteiger partial charge in [0, 0.05) is 32.7 Å². The lowest BCUT2D eigenvalue weighted by molar-refractivity contribution is -0.117. The van der Waals surface area contributed by atoms with Gasteiger partial charge in [0.05, 0.1) is 6.04 Å². The number of hydrogen-bond donors (Lipinski definition) is 2.